The van der Waals surface area contributed by atoms with Gasteiger partial charge in [0.15, 0.2) is 0 Å². The van der Waals surface area contributed by atoms with E-state index < -0.39 is 5.91 Å². The quantitative estimate of drug-likeness (QED) is 0.824. The number of carbonyl (C=O) groups excluding carboxylic acids is 2. The van der Waals surface area contributed by atoms with Crippen LogP contribution in [0.15, 0.2) is 36.7 Å². The van der Waals surface area contributed by atoms with Crippen LogP contribution < -0.4 is 11.1 Å². The summed E-state index contributed by atoms with van der Waals surface area (Å²) in [4.78, 5) is 29.7. The van der Waals surface area contributed by atoms with Gasteiger partial charge < -0.3 is 15.6 Å². The van der Waals surface area contributed by atoms with Crippen LogP contribution >= 0.6 is 0 Å². The number of aromatic nitrogens is 2. The number of benzene rings is 1. The maximum Gasteiger partial charge on any atom is 0.248 e. The molecule has 1 aromatic heterocycles. The Hall–Kier alpha value is -2.67. The highest BCUT2D eigenvalue weighted by atomic mass is 16.2. The normalized spacial score (nSPS) is 15.7. The minimum absolute atomic E-state index is 0.0410. The van der Waals surface area contributed by atoms with Crippen LogP contribution in [0.4, 0.5) is 5.69 Å². The van der Waals surface area contributed by atoms with Gasteiger partial charge in [-0.3, -0.25) is 14.5 Å². The van der Waals surface area contributed by atoms with Crippen LogP contribution in [-0.2, 0) is 11.3 Å². The van der Waals surface area contributed by atoms with E-state index in [1.165, 1.54) is 0 Å². The van der Waals surface area contributed by atoms with Gasteiger partial charge in [-0.15, -0.1) is 0 Å². The third kappa shape index (κ3) is 4.70. The lowest BCUT2D eigenvalue weighted by molar-refractivity contribution is -0.117. The van der Waals surface area contributed by atoms with Gasteiger partial charge in [0.25, 0.3) is 0 Å². The number of primary amides is 1. The molecule has 0 radical (unpaired) electrons. The maximum absolute atomic E-state index is 12.2. The summed E-state index contributed by atoms with van der Waals surface area (Å²) in [6.45, 7) is 5.25. The largest absolute Gasteiger partial charge is 0.366 e. The van der Waals surface area contributed by atoms with Crippen LogP contribution in [0.3, 0.4) is 0 Å². The molecule has 2 heterocycles. The SMILES string of the molecule is Cc1nccn1CC1CCN(CC(=O)Nc2ccc(C(N)=O)cc2)CC1. The summed E-state index contributed by atoms with van der Waals surface area (Å²) in [6.07, 6.45) is 6.03. The topological polar surface area (TPSA) is 93.2 Å². The molecular weight excluding hydrogens is 330 g/mol. The molecule has 3 N–H and O–H groups in total. The summed E-state index contributed by atoms with van der Waals surface area (Å²) in [5.74, 6) is 1.16. The average Bonchev–Trinajstić information content (AvgIpc) is 3.02. The summed E-state index contributed by atoms with van der Waals surface area (Å²) in [5, 5.41) is 2.87. The first-order valence-electron chi connectivity index (χ1n) is 8.91. The van der Waals surface area contributed by atoms with Crippen molar-refractivity contribution in [1.82, 2.24) is 14.5 Å². The number of amides is 2. The molecule has 0 saturated carbocycles. The molecule has 1 aliphatic heterocycles. The molecule has 2 amide bonds. The number of nitrogens with one attached hydrogen (secondary N) is 1. The number of rotatable bonds is 6. The molecule has 0 aliphatic carbocycles. The van der Waals surface area contributed by atoms with E-state index >= 15 is 0 Å². The van der Waals surface area contributed by atoms with Crippen LogP contribution in [0.25, 0.3) is 0 Å². The van der Waals surface area contributed by atoms with Crippen molar-refractivity contribution >= 4 is 17.5 Å². The third-order valence-corrected chi connectivity index (χ3v) is 4.91. The Bertz CT molecular complexity index is 760. The van der Waals surface area contributed by atoms with Gasteiger partial charge in [-0.25, -0.2) is 4.98 Å². The Balaban J connectivity index is 1.43. The van der Waals surface area contributed by atoms with Gasteiger partial charge >= 0.3 is 0 Å². The van der Waals surface area contributed by atoms with Gasteiger partial charge in [0.05, 0.1) is 6.54 Å². The van der Waals surface area contributed by atoms with Crippen LogP contribution in [0, 0.1) is 12.8 Å². The molecule has 7 heteroatoms. The smallest absolute Gasteiger partial charge is 0.248 e. The monoisotopic (exact) mass is 355 g/mol. The zero-order valence-corrected chi connectivity index (χ0v) is 15.0. The van der Waals surface area contributed by atoms with Crippen molar-refractivity contribution < 1.29 is 9.59 Å². The first kappa shape index (κ1) is 18.1. The van der Waals surface area contributed by atoms with Gasteiger partial charge in [0.2, 0.25) is 11.8 Å². The molecule has 2 aromatic rings. The van der Waals surface area contributed by atoms with E-state index in [9.17, 15) is 9.59 Å². The second-order valence-corrected chi connectivity index (χ2v) is 6.84. The predicted octanol–water partition coefficient (Wildman–Crippen LogP) is 1.64. The molecule has 0 unspecified atom stereocenters. The predicted molar refractivity (Wildman–Crippen MR) is 99.7 cm³/mol. The number of nitrogens with two attached hydrogens (primary N) is 1. The van der Waals surface area contributed by atoms with Crippen LogP contribution in [0.1, 0.15) is 29.0 Å². The number of aryl methyl sites for hydroxylation is 1. The Morgan fingerprint density at radius 1 is 1.23 bits per heavy atom. The van der Waals surface area contributed by atoms with E-state index in [4.69, 9.17) is 5.73 Å². The number of carbonyl (C=O) groups is 2. The molecule has 138 valence electrons. The second-order valence-electron chi connectivity index (χ2n) is 6.84. The minimum Gasteiger partial charge on any atom is -0.366 e. The zero-order chi connectivity index (χ0) is 18.5. The number of hydrogen-bond acceptors (Lipinski definition) is 4. The van der Waals surface area contributed by atoms with Crippen LogP contribution in [0.5, 0.6) is 0 Å². The van der Waals surface area contributed by atoms with E-state index in [2.05, 4.69) is 19.8 Å². The summed E-state index contributed by atoms with van der Waals surface area (Å²) < 4.78 is 2.20. The highest BCUT2D eigenvalue weighted by Crippen LogP contribution is 2.19. The summed E-state index contributed by atoms with van der Waals surface area (Å²) in [6, 6.07) is 6.61. The molecular formula is C19H25N5O2. The van der Waals surface area contributed by atoms with Crippen molar-refractivity contribution in [1.29, 1.82) is 0 Å². The van der Waals surface area contributed by atoms with Crippen molar-refractivity contribution in [2.45, 2.75) is 26.3 Å². The van der Waals surface area contributed by atoms with E-state index in [0.717, 1.165) is 38.3 Å². The fourth-order valence-corrected chi connectivity index (χ4v) is 3.32. The maximum atomic E-state index is 12.2. The molecule has 7 nitrogen and oxygen atoms in total. The lowest BCUT2D eigenvalue weighted by atomic mass is 9.96. The minimum atomic E-state index is -0.475. The molecule has 1 fully saturated rings. The van der Waals surface area contributed by atoms with Crippen molar-refractivity contribution in [3.8, 4) is 0 Å². The zero-order valence-electron chi connectivity index (χ0n) is 15.0. The van der Waals surface area contributed by atoms with Crippen molar-refractivity contribution in [2.75, 3.05) is 25.0 Å². The molecule has 0 spiro atoms. The van der Waals surface area contributed by atoms with Gasteiger partial charge in [0.1, 0.15) is 5.82 Å². The average molecular weight is 355 g/mol. The van der Waals surface area contributed by atoms with E-state index in [1.807, 2.05) is 19.3 Å². The Kier molecular flexibility index (Phi) is 5.68. The van der Waals surface area contributed by atoms with E-state index in [-0.39, 0.29) is 5.91 Å². The number of imidazole rings is 1. The molecule has 1 aliphatic rings. The molecule has 1 aromatic carbocycles. The van der Waals surface area contributed by atoms with Gasteiger partial charge in [-0.2, -0.15) is 0 Å². The number of hydrogen-bond donors (Lipinski definition) is 2. The van der Waals surface area contributed by atoms with Crippen molar-refractivity contribution in [3.05, 3.63) is 48.0 Å². The second kappa shape index (κ2) is 8.14. The first-order valence-corrected chi connectivity index (χ1v) is 8.91. The summed E-state index contributed by atoms with van der Waals surface area (Å²) >= 11 is 0. The molecule has 3 rings (SSSR count). The molecule has 0 bridgehead atoms. The lowest BCUT2D eigenvalue weighted by Gasteiger charge is -2.31. The fraction of sp³-hybridized carbons (Fsp3) is 0.421. The summed E-state index contributed by atoms with van der Waals surface area (Å²) in [5.41, 5.74) is 6.31. The lowest BCUT2D eigenvalue weighted by Crippen LogP contribution is -2.40. The van der Waals surface area contributed by atoms with Gasteiger partial charge in [-0.05, 0) is 63.0 Å². The highest BCUT2D eigenvalue weighted by Gasteiger charge is 2.21. The standard InChI is InChI=1S/C19H25N5O2/c1-14-21-8-11-24(14)12-15-6-9-23(10-7-15)13-18(25)22-17-4-2-16(3-5-17)19(20)26/h2-5,8,11,15H,6-7,9-10,12-13H2,1H3,(H2,20,26)(H,22,25). The van der Waals surface area contributed by atoms with Crippen LogP contribution in [0.2, 0.25) is 0 Å². The Morgan fingerprint density at radius 3 is 2.50 bits per heavy atom. The fourth-order valence-electron chi connectivity index (χ4n) is 3.32. The van der Waals surface area contributed by atoms with Gasteiger partial charge in [-0.1, -0.05) is 0 Å². The van der Waals surface area contributed by atoms with Crippen LogP contribution in [-0.4, -0.2) is 45.9 Å². The molecule has 0 atom stereocenters. The van der Waals surface area contributed by atoms with Gasteiger partial charge in [0, 0.05) is 30.2 Å². The first-order chi connectivity index (χ1) is 12.5. The van der Waals surface area contributed by atoms with E-state index in [0.29, 0.717) is 23.7 Å². The molecule has 1 saturated heterocycles. The Labute approximate surface area is 153 Å². The summed E-state index contributed by atoms with van der Waals surface area (Å²) in [7, 11) is 0. The van der Waals surface area contributed by atoms with E-state index in [1.54, 1.807) is 24.3 Å². The van der Waals surface area contributed by atoms with Crippen molar-refractivity contribution in [2.24, 2.45) is 11.7 Å². The third-order valence-electron chi connectivity index (χ3n) is 4.91. The number of anilines is 1. The number of piperidine rings is 1. The number of likely N-dealkylation sites (tertiary alicyclic amines) is 1. The van der Waals surface area contributed by atoms with Crippen molar-refractivity contribution in [3.63, 3.8) is 0 Å². The Morgan fingerprint density at radius 2 is 1.92 bits per heavy atom. The molecule has 26 heavy (non-hydrogen) atoms. The number of nitrogens with zero attached hydrogens (tertiary/aromatic N) is 3. The highest BCUT2D eigenvalue weighted by molar-refractivity contribution is 5.95.